The van der Waals surface area contributed by atoms with E-state index < -0.39 is 25.1 Å². The highest BCUT2D eigenvalue weighted by Gasteiger charge is 2.60. The van der Waals surface area contributed by atoms with E-state index in [1.165, 1.54) is 5.56 Å². The molecule has 6 aromatic rings. The lowest BCUT2D eigenvalue weighted by atomic mass is 9.91. The van der Waals surface area contributed by atoms with Gasteiger partial charge >= 0.3 is 5.69 Å². The second-order valence-corrected chi connectivity index (χ2v) is 22.2. The van der Waals surface area contributed by atoms with Crippen LogP contribution in [0.2, 0.25) is 0 Å². The number of hydrogen-bond acceptors (Lipinski definition) is 10. The zero-order valence-electron chi connectivity index (χ0n) is 37.9. The van der Waals surface area contributed by atoms with Crippen molar-refractivity contribution >= 4 is 35.1 Å². The van der Waals surface area contributed by atoms with Crippen LogP contribution in [0.1, 0.15) is 83.5 Å². The molecule has 344 valence electrons. The number of rotatable bonds is 8. The van der Waals surface area contributed by atoms with Crippen molar-refractivity contribution in [2.24, 2.45) is 10.9 Å². The molecule has 11 rings (SSSR count). The third kappa shape index (κ3) is 6.86. The summed E-state index contributed by atoms with van der Waals surface area (Å²) in [5.74, 6) is 0.838. The Kier molecular flexibility index (Phi) is 10.4. The van der Waals surface area contributed by atoms with E-state index in [-0.39, 0.29) is 23.3 Å². The minimum atomic E-state index is -2.54. The molecule has 1 amide bonds. The fraction of sp³-hybridized carbons (Fsp3) is 0.429. The van der Waals surface area contributed by atoms with Crippen molar-refractivity contribution in [1.29, 1.82) is 0 Å². The topological polar surface area (TPSA) is 153 Å². The average molecular weight is 916 g/mol. The normalized spacial score (nSPS) is 24.4. The SMILES string of the molecule is Cc1cc(-n2nc3c(c2-n2ccn(-c4ccc(P5(=O)CCN(C)CC5)cc4)c2=O)[C@H](C)N(C(=O)c2cc4cc(C5CCOCC5)ccc4n2[C@@]2(C4=NC(O)ON4)C[C@@H]2C)CC3)cc(C)c1F. The van der Waals surface area contributed by atoms with Crippen LogP contribution in [0.3, 0.4) is 0 Å². The number of aliphatic hydroxyl groups excluding tert-OH is 1. The molecule has 3 aromatic carbocycles. The maximum absolute atomic E-state index is 15.5. The van der Waals surface area contributed by atoms with Gasteiger partial charge in [-0.1, -0.05) is 13.0 Å². The molecule has 0 radical (unpaired) electrons. The van der Waals surface area contributed by atoms with Crippen LogP contribution >= 0.6 is 7.14 Å². The lowest BCUT2D eigenvalue weighted by Crippen LogP contribution is -2.43. The first kappa shape index (κ1) is 43.0. The van der Waals surface area contributed by atoms with Crippen LogP contribution in [0.4, 0.5) is 4.39 Å². The number of fused-ring (bicyclic) bond motifs is 2. The Bertz CT molecular complexity index is 3040. The number of carbonyl (C=O) groups is 1. The van der Waals surface area contributed by atoms with E-state index in [2.05, 4.69) is 45.1 Å². The number of amides is 1. The Labute approximate surface area is 381 Å². The van der Waals surface area contributed by atoms with Crippen LogP contribution in [0.25, 0.3) is 28.1 Å². The number of hydrogen-bond donors (Lipinski definition) is 2. The zero-order chi connectivity index (χ0) is 45.8. The predicted octanol–water partition coefficient (Wildman–Crippen LogP) is 6.06. The first-order valence-electron chi connectivity index (χ1n) is 23.1. The van der Waals surface area contributed by atoms with Crippen molar-refractivity contribution in [2.75, 3.05) is 52.2 Å². The quantitative estimate of drug-likeness (QED) is 0.174. The van der Waals surface area contributed by atoms with Crippen molar-refractivity contribution in [3.8, 4) is 17.2 Å². The molecule has 66 heavy (non-hydrogen) atoms. The summed E-state index contributed by atoms with van der Waals surface area (Å²) in [7, 11) is -0.498. The minimum Gasteiger partial charge on any atom is -0.381 e. The first-order chi connectivity index (χ1) is 31.8. The van der Waals surface area contributed by atoms with E-state index in [1.807, 2.05) is 49.2 Å². The summed E-state index contributed by atoms with van der Waals surface area (Å²) >= 11 is 0. The van der Waals surface area contributed by atoms with Crippen molar-refractivity contribution in [3.05, 3.63) is 123 Å². The van der Waals surface area contributed by atoms with Gasteiger partial charge in [0.15, 0.2) is 5.84 Å². The Hall–Kier alpha value is -5.64. The average Bonchev–Trinajstić information content (AvgIpc) is 3.82. The molecule has 2 N–H and O–H groups in total. The molecule has 5 aliphatic rings. The van der Waals surface area contributed by atoms with Crippen LogP contribution in [-0.4, -0.2) is 109 Å². The summed E-state index contributed by atoms with van der Waals surface area (Å²) in [6, 6.07) is 18.8. The number of aliphatic hydroxyl groups is 1. The fourth-order valence-corrected chi connectivity index (χ4v) is 13.8. The van der Waals surface area contributed by atoms with Gasteiger partial charge in [-0.3, -0.25) is 13.9 Å². The molecule has 1 saturated carbocycles. The van der Waals surface area contributed by atoms with Gasteiger partial charge in [-0.2, -0.15) is 5.10 Å². The summed E-state index contributed by atoms with van der Waals surface area (Å²) in [4.78, 5) is 44.1. The van der Waals surface area contributed by atoms with E-state index in [0.29, 0.717) is 96.3 Å². The van der Waals surface area contributed by atoms with Gasteiger partial charge in [-0.25, -0.2) is 29.2 Å². The largest absolute Gasteiger partial charge is 0.381 e. The molecule has 2 saturated heterocycles. The zero-order valence-corrected chi connectivity index (χ0v) is 38.8. The molecule has 7 heterocycles. The Morgan fingerprint density at radius 3 is 2.30 bits per heavy atom. The maximum atomic E-state index is 15.5. The number of aryl methyl sites for hydroxylation is 2. The highest BCUT2D eigenvalue weighted by molar-refractivity contribution is 7.71. The monoisotopic (exact) mass is 915 g/mol. The lowest BCUT2D eigenvalue weighted by Gasteiger charge is -2.34. The first-order valence-corrected chi connectivity index (χ1v) is 25.1. The number of aromatic nitrogens is 5. The second-order valence-electron chi connectivity index (χ2n) is 19.0. The molecule has 4 aliphatic heterocycles. The lowest BCUT2D eigenvalue weighted by molar-refractivity contribution is -0.103. The number of nitrogens with zero attached hydrogens (tertiary/aromatic N) is 8. The van der Waals surface area contributed by atoms with Crippen LogP contribution < -0.4 is 16.5 Å². The van der Waals surface area contributed by atoms with Crippen LogP contribution in [-0.2, 0) is 26.1 Å². The molecule has 0 spiro atoms. The van der Waals surface area contributed by atoms with Crippen molar-refractivity contribution < 1.29 is 28.4 Å². The predicted molar refractivity (Wildman–Crippen MR) is 250 cm³/mol. The number of hydroxylamine groups is 1. The van der Waals surface area contributed by atoms with Crippen LogP contribution in [0.15, 0.2) is 82.8 Å². The van der Waals surface area contributed by atoms with Gasteiger partial charge in [0, 0.05) is 85.8 Å². The highest BCUT2D eigenvalue weighted by Crippen LogP contribution is 2.54. The standard InChI is InChI=1S/C49H55FN9O6P/c1-29-24-37(25-30(2)43(29)50)59-44(57-17-16-56(48(57)62)36-7-9-38(10-8-36)66(63)22-18-54(5)19-23-66)42-32(4)55(15-12-39(42)52-59)45(60)41-27-35-26-34(33-13-20-64-21-14-33)6-11-40(35)58(41)49(28-31(49)3)46-51-47(61)65-53-46/h6-11,16-17,24-27,31-33,47,61H,12-15,18-23,28H2,1-5H3,(H,51,53)/t31-,32-,47?,49-/m0/s1. The molecule has 1 unspecified atom stereocenters. The van der Waals surface area contributed by atoms with Gasteiger partial charge in [0.1, 0.15) is 30.0 Å². The van der Waals surface area contributed by atoms with Gasteiger partial charge < -0.3 is 28.8 Å². The molecule has 0 bridgehead atoms. The number of halogens is 1. The van der Waals surface area contributed by atoms with Crippen molar-refractivity contribution in [3.63, 3.8) is 0 Å². The molecule has 4 atom stereocenters. The number of nitrogens with one attached hydrogen (secondary N) is 1. The Morgan fingerprint density at radius 2 is 1.64 bits per heavy atom. The molecule has 1 aliphatic carbocycles. The summed E-state index contributed by atoms with van der Waals surface area (Å²) in [6.45, 7) is 10.8. The number of ether oxygens (including phenoxy) is 1. The van der Waals surface area contributed by atoms with E-state index >= 15 is 9.18 Å². The molecular formula is C49H55FN9O6P. The summed E-state index contributed by atoms with van der Waals surface area (Å²) in [5, 5.41) is 17.2. The smallest absolute Gasteiger partial charge is 0.338 e. The third-order valence-corrected chi connectivity index (χ3v) is 18.1. The third-order valence-electron chi connectivity index (χ3n) is 15.0. The van der Waals surface area contributed by atoms with Crippen LogP contribution in [0, 0.1) is 25.6 Å². The van der Waals surface area contributed by atoms with Gasteiger partial charge in [0.2, 0.25) is 0 Å². The van der Waals surface area contributed by atoms with E-state index in [0.717, 1.165) is 47.8 Å². The number of carbonyl (C=O) groups excluding carboxylic acids is 1. The highest BCUT2D eigenvalue weighted by atomic mass is 31.2. The van der Waals surface area contributed by atoms with E-state index in [4.69, 9.17) is 14.7 Å². The van der Waals surface area contributed by atoms with E-state index in [1.54, 1.807) is 52.2 Å². The molecule has 15 nitrogen and oxygen atoms in total. The molecule has 3 fully saturated rings. The Balaban J connectivity index is 1.02. The van der Waals surface area contributed by atoms with Crippen molar-refractivity contribution in [2.45, 2.75) is 77.3 Å². The number of aliphatic imine (C=N–C) groups is 1. The van der Waals surface area contributed by atoms with E-state index in [9.17, 15) is 14.5 Å². The van der Waals surface area contributed by atoms with Gasteiger partial charge in [-0.05, 0) is 130 Å². The van der Waals surface area contributed by atoms with Crippen LogP contribution in [0.5, 0.6) is 0 Å². The Morgan fingerprint density at radius 1 is 0.939 bits per heavy atom. The maximum Gasteiger partial charge on any atom is 0.338 e. The van der Waals surface area contributed by atoms with Gasteiger partial charge in [0.25, 0.3) is 12.3 Å². The number of benzene rings is 3. The molecular weight excluding hydrogens is 861 g/mol. The minimum absolute atomic E-state index is 0.0669. The van der Waals surface area contributed by atoms with Crippen molar-refractivity contribution in [1.82, 2.24) is 38.8 Å². The second kappa shape index (κ2) is 16.0. The van der Waals surface area contributed by atoms with Gasteiger partial charge in [0.05, 0.1) is 23.1 Å². The summed E-state index contributed by atoms with van der Waals surface area (Å²) < 4.78 is 41.7. The van der Waals surface area contributed by atoms with Gasteiger partial charge in [-0.15, -0.1) is 0 Å². The number of amidine groups is 1. The molecule has 3 aromatic heterocycles. The summed E-state index contributed by atoms with van der Waals surface area (Å²) in [6.07, 6.45) is 6.24. The number of imidazole rings is 1. The fourth-order valence-electron chi connectivity index (χ4n) is 11.0. The molecule has 17 heteroatoms. The summed E-state index contributed by atoms with van der Waals surface area (Å²) in [5.41, 5.74) is 7.86.